The van der Waals surface area contributed by atoms with Gasteiger partial charge >= 0.3 is 12.2 Å². The molecule has 14 nitrogen and oxygen atoms in total. The first-order valence-electron chi connectivity index (χ1n) is 20.0. The molecule has 0 spiro atoms. The predicted molar refractivity (Wildman–Crippen MR) is 224 cm³/mol. The fraction of sp³-hybridized carbons (Fsp3) is 0.261. The van der Waals surface area contributed by atoms with Crippen LogP contribution in [-0.2, 0) is 19.1 Å². The van der Waals surface area contributed by atoms with Crippen LogP contribution in [0, 0.1) is 6.92 Å². The van der Waals surface area contributed by atoms with Crippen LogP contribution in [-0.4, -0.2) is 73.9 Å². The van der Waals surface area contributed by atoms with Crippen LogP contribution in [0.1, 0.15) is 78.4 Å². The Kier molecular flexibility index (Phi) is 11.4. The molecule has 4 amide bonds. The van der Waals surface area contributed by atoms with E-state index in [9.17, 15) is 19.2 Å². The summed E-state index contributed by atoms with van der Waals surface area (Å²) in [5.41, 5.74) is 13.1. The van der Waals surface area contributed by atoms with Gasteiger partial charge in [0.2, 0.25) is 6.10 Å². The van der Waals surface area contributed by atoms with E-state index in [0.29, 0.717) is 35.9 Å². The second-order valence-corrected chi connectivity index (χ2v) is 15.0. The Balaban J connectivity index is 0.944. The van der Waals surface area contributed by atoms with Gasteiger partial charge in [-0.2, -0.15) is 0 Å². The number of likely N-dealkylation sites (tertiary alicyclic amines) is 2. The van der Waals surface area contributed by atoms with Gasteiger partial charge in [-0.3, -0.25) is 9.59 Å². The van der Waals surface area contributed by atoms with Gasteiger partial charge in [0.15, 0.2) is 0 Å². The minimum Gasteiger partial charge on any atom is -0.453 e. The van der Waals surface area contributed by atoms with Crippen molar-refractivity contribution in [2.75, 3.05) is 20.2 Å². The number of nitrogens with zero attached hydrogens (tertiary/aromatic N) is 4. The van der Waals surface area contributed by atoms with Crippen molar-refractivity contribution in [3.8, 4) is 33.6 Å². The van der Waals surface area contributed by atoms with E-state index >= 15 is 0 Å². The van der Waals surface area contributed by atoms with Crippen LogP contribution < -0.4 is 11.1 Å². The number of H-pyrrole nitrogens is 2. The minimum absolute atomic E-state index is 0.219. The molecule has 4 aromatic carbocycles. The highest BCUT2D eigenvalue weighted by molar-refractivity contribution is 5.88. The first kappa shape index (κ1) is 39.6. The van der Waals surface area contributed by atoms with Crippen molar-refractivity contribution in [2.45, 2.75) is 56.8 Å². The highest BCUT2D eigenvalue weighted by Gasteiger charge is 2.39. The summed E-state index contributed by atoms with van der Waals surface area (Å²) in [5, 5.41) is 2.71. The molecule has 2 unspecified atom stereocenters. The van der Waals surface area contributed by atoms with Crippen LogP contribution in [0.15, 0.2) is 115 Å². The number of ether oxygens (including phenoxy) is 2. The average molecular weight is 807 g/mol. The smallest absolute Gasteiger partial charge is 0.407 e. The average Bonchev–Trinajstić information content (AvgIpc) is 4.12. The van der Waals surface area contributed by atoms with Gasteiger partial charge in [-0.05, 0) is 54.9 Å². The van der Waals surface area contributed by atoms with Crippen molar-refractivity contribution in [3.05, 3.63) is 144 Å². The summed E-state index contributed by atoms with van der Waals surface area (Å²) in [4.78, 5) is 71.8. The number of methoxy groups -OCH3 is 1. The van der Waals surface area contributed by atoms with Crippen LogP contribution in [0.2, 0.25) is 0 Å². The van der Waals surface area contributed by atoms with Gasteiger partial charge in [-0.1, -0.05) is 109 Å². The third kappa shape index (κ3) is 8.21. The molecule has 5 N–H and O–H groups in total. The molecule has 8 rings (SSSR count). The lowest BCUT2D eigenvalue weighted by molar-refractivity contribution is -0.141. The van der Waals surface area contributed by atoms with Crippen LogP contribution >= 0.6 is 0 Å². The summed E-state index contributed by atoms with van der Waals surface area (Å²) in [6, 6.07) is 33.0. The first-order chi connectivity index (χ1) is 29.2. The van der Waals surface area contributed by atoms with E-state index in [2.05, 4.69) is 39.6 Å². The van der Waals surface area contributed by atoms with E-state index < -0.39 is 24.3 Å². The molecule has 60 heavy (non-hydrogen) atoms. The summed E-state index contributed by atoms with van der Waals surface area (Å²) >= 11 is 0. The summed E-state index contributed by atoms with van der Waals surface area (Å²) in [6.07, 6.45) is 2.02. The van der Waals surface area contributed by atoms with Gasteiger partial charge < -0.3 is 40.3 Å². The molecule has 2 saturated heterocycles. The number of carbonyl (C=O) groups is 4. The zero-order chi connectivity index (χ0) is 41.8. The first-order valence-corrected chi connectivity index (χ1v) is 20.0. The standard InChI is InChI=1S/C46H46N8O6/c1-28-38(51-42(49-28)37-16-10-26-54(37)44(56)40(60-45(47)57)34-13-7-4-8-14-34)33-23-19-30(20-24-33)29-17-21-31(22-18-29)35-27-48-41(50-35)36-15-9-25-53(36)43(55)39(52-46(58)59-2)32-11-5-3-6-12-32/h3-8,11-14,17-24,27,36-37,39-40H,9-10,15-16,25-26H2,1-2H3,(H2,47,57)(H,48,50)(H,49,51)(H,52,58)/t36?,37-,39?,40+/m0/s1. The van der Waals surface area contributed by atoms with E-state index in [0.717, 1.165) is 65.0 Å². The SMILES string of the molecule is COC(=O)NC(C(=O)N1CCCC1c1ncc(-c2ccc(-c3ccc(-c4nc([C@@H]5CCCN5C(=O)[C@H](OC(N)=O)c5ccccc5)[nH]c4C)cc3)cc2)[nH]1)c1ccccc1. The fourth-order valence-corrected chi connectivity index (χ4v) is 8.30. The molecule has 0 radical (unpaired) electrons. The number of rotatable bonds is 11. The Morgan fingerprint density at radius 1 is 0.717 bits per heavy atom. The number of aryl methyl sites for hydroxylation is 1. The lowest BCUT2D eigenvalue weighted by atomic mass is 10.0. The molecule has 6 aromatic rings. The maximum atomic E-state index is 13.9. The number of amides is 4. The molecule has 2 aliphatic heterocycles. The number of nitrogens with two attached hydrogens (primary N) is 1. The van der Waals surface area contributed by atoms with Crippen LogP contribution in [0.4, 0.5) is 9.59 Å². The van der Waals surface area contributed by atoms with Gasteiger partial charge in [0.25, 0.3) is 11.8 Å². The normalized spacial score (nSPS) is 17.2. The Labute approximate surface area is 347 Å². The van der Waals surface area contributed by atoms with Crippen molar-refractivity contribution < 1.29 is 28.7 Å². The number of imidazole rings is 2. The lowest BCUT2D eigenvalue weighted by Crippen LogP contribution is -2.42. The summed E-state index contributed by atoms with van der Waals surface area (Å²) in [6.45, 7) is 3.02. The molecule has 4 heterocycles. The third-order valence-electron chi connectivity index (χ3n) is 11.3. The van der Waals surface area contributed by atoms with E-state index in [1.165, 1.54) is 7.11 Å². The van der Waals surface area contributed by atoms with E-state index in [1.807, 2.05) is 67.6 Å². The Hall–Kier alpha value is -7.22. The number of carbonyl (C=O) groups excluding carboxylic acids is 4. The molecular weight excluding hydrogens is 761 g/mol. The number of aromatic amines is 2. The Morgan fingerprint density at radius 2 is 1.27 bits per heavy atom. The monoisotopic (exact) mass is 806 g/mol. The molecule has 2 fully saturated rings. The van der Waals surface area contributed by atoms with Crippen molar-refractivity contribution >= 4 is 24.0 Å². The van der Waals surface area contributed by atoms with Crippen molar-refractivity contribution in [3.63, 3.8) is 0 Å². The van der Waals surface area contributed by atoms with Crippen molar-refractivity contribution in [2.24, 2.45) is 5.73 Å². The van der Waals surface area contributed by atoms with E-state index in [4.69, 9.17) is 25.2 Å². The summed E-state index contributed by atoms with van der Waals surface area (Å²) in [5.74, 6) is 0.819. The highest BCUT2D eigenvalue weighted by Crippen LogP contribution is 2.37. The van der Waals surface area contributed by atoms with Gasteiger partial charge in [0, 0.05) is 29.9 Å². The van der Waals surface area contributed by atoms with Gasteiger partial charge in [-0.25, -0.2) is 19.6 Å². The molecule has 0 saturated carbocycles. The molecule has 4 atom stereocenters. The number of aromatic nitrogens is 4. The zero-order valence-electron chi connectivity index (χ0n) is 33.3. The number of primary amides is 1. The van der Waals surface area contributed by atoms with Gasteiger partial charge in [0.1, 0.15) is 17.7 Å². The highest BCUT2D eigenvalue weighted by atomic mass is 16.6. The van der Waals surface area contributed by atoms with Crippen molar-refractivity contribution in [1.29, 1.82) is 0 Å². The number of hydrogen-bond donors (Lipinski definition) is 4. The quantitative estimate of drug-likeness (QED) is 0.102. The second kappa shape index (κ2) is 17.3. The van der Waals surface area contributed by atoms with E-state index in [-0.39, 0.29) is 23.9 Å². The zero-order valence-corrected chi connectivity index (χ0v) is 33.3. The molecule has 2 aromatic heterocycles. The molecule has 14 heteroatoms. The number of alkyl carbamates (subject to hydrolysis) is 1. The Morgan fingerprint density at radius 3 is 1.87 bits per heavy atom. The molecular formula is C46H46N8O6. The summed E-state index contributed by atoms with van der Waals surface area (Å²) in [7, 11) is 1.28. The van der Waals surface area contributed by atoms with E-state index in [1.54, 1.807) is 40.3 Å². The third-order valence-corrected chi connectivity index (χ3v) is 11.3. The van der Waals surface area contributed by atoms with Gasteiger partial charge in [0.05, 0.1) is 36.8 Å². The molecule has 2 aliphatic rings. The molecule has 306 valence electrons. The number of benzene rings is 4. The largest absolute Gasteiger partial charge is 0.453 e. The predicted octanol–water partition coefficient (Wildman–Crippen LogP) is 7.70. The number of hydrogen-bond acceptors (Lipinski definition) is 8. The van der Waals surface area contributed by atoms with Crippen LogP contribution in [0.5, 0.6) is 0 Å². The minimum atomic E-state index is -1.14. The maximum Gasteiger partial charge on any atom is 0.407 e. The number of nitrogens with one attached hydrogen (secondary N) is 3. The van der Waals surface area contributed by atoms with Crippen LogP contribution in [0.25, 0.3) is 33.6 Å². The lowest BCUT2D eigenvalue weighted by Gasteiger charge is -2.28. The summed E-state index contributed by atoms with van der Waals surface area (Å²) < 4.78 is 10.1. The Bertz CT molecular complexity index is 2470. The van der Waals surface area contributed by atoms with Crippen LogP contribution in [0.3, 0.4) is 0 Å². The second-order valence-electron chi connectivity index (χ2n) is 15.0. The molecule has 0 aliphatic carbocycles. The fourth-order valence-electron chi connectivity index (χ4n) is 8.30. The van der Waals surface area contributed by atoms with Crippen molar-refractivity contribution in [1.82, 2.24) is 35.1 Å². The van der Waals surface area contributed by atoms with Gasteiger partial charge in [-0.15, -0.1) is 0 Å². The molecule has 0 bridgehead atoms. The maximum absolute atomic E-state index is 13.9. The topological polar surface area (TPSA) is 189 Å².